The monoisotopic (exact) mass is 351 g/mol. The van der Waals surface area contributed by atoms with Gasteiger partial charge in [-0.15, -0.1) is 0 Å². The molecule has 2 aromatic rings. The summed E-state index contributed by atoms with van der Waals surface area (Å²) < 4.78 is 0. The highest BCUT2D eigenvalue weighted by molar-refractivity contribution is 5.79. The van der Waals surface area contributed by atoms with Crippen molar-refractivity contribution in [2.75, 3.05) is 19.6 Å². The second kappa shape index (κ2) is 7.46. The second-order valence-corrected chi connectivity index (χ2v) is 7.55. The Bertz CT molecular complexity index is 765. The molecule has 1 N–H and O–H groups in total. The van der Waals surface area contributed by atoms with Gasteiger partial charge in [-0.25, -0.2) is 0 Å². The minimum atomic E-state index is 0.175. The summed E-state index contributed by atoms with van der Waals surface area (Å²) in [5, 5.41) is 9.62. The number of rotatable bonds is 4. The summed E-state index contributed by atoms with van der Waals surface area (Å²) in [4.78, 5) is 21.7. The molecule has 5 heteroatoms. The molecule has 3 aliphatic rings. The van der Waals surface area contributed by atoms with Crippen molar-refractivity contribution in [3.8, 4) is 5.75 Å². The highest BCUT2D eigenvalue weighted by Gasteiger charge is 2.36. The molecule has 2 bridgehead atoms. The lowest BCUT2D eigenvalue weighted by molar-refractivity contribution is -0.134. The maximum Gasteiger partial charge on any atom is 0.227 e. The Hall–Kier alpha value is -2.40. The maximum absolute atomic E-state index is 12.9. The van der Waals surface area contributed by atoms with Crippen molar-refractivity contribution in [1.29, 1.82) is 0 Å². The van der Waals surface area contributed by atoms with Crippen molar-refractivity contribution in [2.24, 2.45) is 5.92 Å². The Morgan fingerprint density at radius 1 is 1.12 bits per heavy atom. The number of aromatic hydroxyl groups is 1. The third kappa shape index (κ3) is 3.88. The fourth-order valence-electron chi connectivity index (χ4n) is 4.31. The first-order valence-corrected chi connectivity index (χ1v) is 9.36. The van der Waals surface area contributed by atoms with Gasteiger partial charge >= 0.3 is 0 Å². The number of piperidine rings is 1. The van der Waals surface area contributed by atoms with Crippen LogP contribution in [-0.2, 0) is 17.8 Å². The van der Waals surface area contributed by atoms with E-state index in [1.165, 1.54) is 12.0 Å². The smallest absolute Gasteiger partial charge is 0.227 e. The summed E-state index contributed by atoms with van der Waals surface area (Å²) in [5.41, 5.74) is 2.11. The lowest BCUT2D eigenvalue weighted by Gasteiger charge is -2.36. The predicted octanol–water partition coefficient (Wildman–Crippen LogP) is 2.45. The van der Waals surface area contributed by atoms with Gasteiger partial charge in [-0.3, -0.25) is 14.7 Å². The van der Waals surface area contributed by atoms with E-state index in [4.69, 9.17) is 0 Å². The zero-order chi connectivity index (χ0) is 17.9. The molecule has 3 aliphatic heterocycles. The molecule has 1 aromatic carbocycles. The van der Waals surface area contributed by atoms with Crippen molar-refractivity contribution in [2.45, 2.75) is 31.8 Å². The van der Waals surface area contributed by atoms with Crippen LogP contribution in [0.2, 0.25) is 0 Å². The van der Waals surface area contributed by atoms with Crippen LogP contribution in [-0.4, -0.2) is 51.5 Å². The topological polar surface area (TPSA) is 56.7 Å². The summed E-state index contributed by atoms with van der Waals surface area (Å²) in [5.74, 6) is 0.933. The van der Waals surface area contributed by atoms with Crippen molar-refractivity contribution in [3.05, 3.63) is 59.9 Å². The number of phenols is 1. The number of carbonyl (C=O) groups excluding carboxylic acids is 1. The average molecular weight is 351 g/mol. The van der Waals surface area contributed by atoms with Crippen LogP contribution in [0, 0.1) is 5.92 Å². The van der Waals surface area contributed by atoms with Crippen LogP contribution in [0.3, 0.4) is 0 Å². The van der Waals surface area contributed by atoms with E-state index in [2.05, 4.69) is 20.9 Å². The standard InChI is InChI=1S/C21H25N3O2/c25-20-5-1-3-16(9-20)10-21(26)24-14-18-6-7-19(24)15-23(13-18)12-17-4-2-8-22-11-17/h1-5,8-9,11,18-19,25H,6-7,10,12-15H2. The van der Waals surface area contributed by atoms with Crippen LogP contribution in [0.5, 0.6) is 5.75 Å². The molecular weight excluding hydrogens is 326 g/mol. The molecule has 3 saturated heterocycles. The van der Waals surface area contributed by atoms with E-state index in [9.17, 15) is 9.90 Å². The third-order valence-corrected chi connectivity index (χ3v) is 5.50. The molecule has 1 aromatic heterocycles. The number of fused-ring (bicyclic) bond motifs is 4. The summed E-state index contributed by atoms with van der Waals surface area (Å²) in [7, 11) is 0. The molecule has 1 amide bonds. The molecule has 136 valence electrons. The number of aromatic nitrogens is 1. The Kier molecular flexibility index (Phi) is 4.89. The molecule has 0 radical (unpaired) electrons. The number of pyridine rings is 1. The van der Waals surface area contributed by atoms with E-state index in [-0.39, 0.29) is 17.7 Å². The fourth-order valence-corrected chi connectivity index (χ4v) is 4.31. The number of phenolic OH excluding ortho intramolecular Hbond substituents is 1. The quantitative estimate of drug-likeness (QED) is 0.919. The number of hydrogen-bond acceptors (Lipinski definition) is 4. The minimum absolute atomic E-state index is 0.175. The molecule has 3 fully saturated rings. The van der Waals surface area contributed by atoms with Crippen LogP contribution in [0.1, 0.15) is 24.0 Å². The largest absolute Gasteiger partial charge is 0.508 e. The van der Waals surface area contributed by atoms with Gasteiger partial charge in [0.25, 0.3) is 0 Å². The van der Waals surface area contributed by atoms with Gasteiger partial charge in [-0.1, -0.05) is 18.2 Å². The first kappa shape index (κ1) is 17.0. The summed E-state index contributed by atoms with van der Waals surface area (Å²) >= 11 is 0. The van der Waals surface area contributed by atoms with Gasteiger partial charge in [0.05, 0.1) is 6.42 Å². The first-order chi connectivity index (χ1) is 12.7. The highest BCUT2D eigenvalue weighted by Crippen LogP contribution is 2.29. The number of benzene rings is 1. The van der Waals surface area contributed by atoms with Crippen molar-refractivity contribution >= 4 is 5.91 Å². The molecule has 2 unspecified atom stereocenters. The second-order valence-electron chi connectivity index (χ2n) is 7.55. The number of hydrogen-bond donors (Lipinski definition) is 1. The summed E-state index contributed by atoms with van der Waals surface area (Å²) in [6.07, 6.45) is 6.37. The van der Waals surface area contributed by atoms with Gasteiger partial charge in [0, 0.05) is 44.6 Å². The Morgan fingerprint density at radius 3 is 2.81 bits per heavy atom. The molecule has 26 heavy (non-hydrogen) atoms. The first-order valence-electron chi connectivity index (χ1n) is 9.36. The van der Waals surface area contributed by atoms with E-state index in [0.29, 0.717) is 12.3 Å². The molecular formula is C21H25N3O2. The lowest BCUT2D eigenvalue weighted by Crippen LogP contribution is -2.47. The SMILES string of the molecule is O=C(Cc1cccc(O)c1)N1CC2CCC1CN(Cc1cccnc1)C2. The zero-order valence-electron chi connectivity index (χ0n) is 14.9. The molecule has 2 atom stereocenters. The third-order valence-electron chi connectivity index (χ3n) is 5.50. The highest BCUT2D eigenvalue weighted by atomic mass is 16.3. The maximum atomic E-state index is 12.9. The zero-order valence-corrected chi connectivity index (χ0v) is 14.9. The van der Waals surface area contributed by atoms with Crippen molar-refractivity contribution in [1.82, 2.24) is 14.8 Å². The van der Waals surface area contributed by atoms with E-state index < -0.39 is 0 Å². The van der Waals surface area contributed by atoms with Gasteiger partial charge in [-0.2, -0.15) is 0 Å². The van der Waals surface area contributed by atoms with Gasteiger partial charge in [0.2, 0.25) is 5.91 Å². The van der Waals surface area contributed by atoms with Crippen molar-refractivity contribution in [3.63, 3.8) is 0 Å². The van der Waals surface area contributed by atoms with E-state index in [0.717, 1.165) is 38.2 Å². The summed E-state index contributed by atoms with van der Waals surface area (Å²) in [6.45, 7) is 3.72. The van der Waals surface area contributed by atoms with Crippen molar-refractivity contribution < 1.29 is 9.90 Å². The molecule has 5 nitrogen and oxygen atoms in total. The normalized spacial score (nSPS) is 23.0. The van der Waals surface area contributed by atoms with Gasteiger partial charge < -0.3 is 10.0 Å². The van der Waals surface area contributed by atoms with Gasteiger partial charge in [0.15, 0.2) is 0 Å². The van der Waals surface area contributed by atoms with E-state index in [1.807, 2.05) is 18.3 Å². The molecule has 0 saturated carbocycles. The van der Waals surface area contributed by atoms with E-state index >= 15 is 0 Å². The number of amides is 1. The lowest BCUT2D eigenvalue weighted by atomic mass is 9.94. The van der Waals surface area contributed by atoms with E-state index in [1.54, 1.807) is 24.4 Å². The van der Waals surface area contributed by atoms with Crippen LogP contribution in [0.25, 0.3) is 0 Å². The Labute approximate surface area is 154 Å². The Balaban J connectivity index is 1.43. The minimum Gasteiger partial charge on any atom is -0.508 e. The Morgan fingerprint density at radius 2 is 2.00 bits per heavy atom. The molecule has 5 rings (SSSR count). The van der Waals surface area contributed by atoms with Gasteiger partial charge in [-0.05, 0) is 48.1 Å². The van der Waals surface area contributed by atoms with Crippen LogP contribution in [0.15, 0.2) is 48.8 Å². The number of carbonyl (C=O) groups is 1. The van der Waals surface area contributed by atoms with Crippen LogP contribution in [0.4, 0.5) is 0 Å². The molecule has 0 spiro atoms. The predicted molar refractivity (Wildman–Crippen MR) is 99.5 cm³/mol. The van der Waals surface area contributed by atoms with Crippen LogP contribution >= 0.6 is 0 Å². The summed E-state index contributed by atoms with van der Waals surface area (Å²) in [6, 6.07) is 11.4. The fraction of sp³-hybridized carbons (Fsp3) is 0.429. The molecule has 4 heterocycles. The molecule has 0 aliphatic carbocycles. The average Bonchev–Trinajstić information content (AvgIpc) is 2.93. The van der Waals surface area contributed by atoms with Crippen LogP contribution < -0.4 is 0 Å². The van der Waals surface area contributed by atoms with Gasteiger partial charge in [0.1, 0.15) is 5.75 Å². The number of nitrogens with zero attached hydrogens (tertiary/aromatic N) is 3.